The number of aromatic nitrogens is 2. The van der Waals surface area contributed by atoms with E-state index in [4.69, 9.17) is 5.73 Å². The highest BCUT2D eigenvalue weighted by Gasteiger charge is 2.16. The average Bonchev–Trinajstić information content (AvgIpc) is 2.65. The molecule has 1 aliphatic rings. The van der Waals surface area contributed by atoms with E-state index in [0.29, 0.717) is 30.3 Å². The van der Waals surface area contributed by atoms with Crippen LogP contribution >= 0.6 is 0 Å². The molecule has 7 heteroatoms. The fraction of sp³-hybridized carbons (Fsp3) is 0.500. The second kappa shape index (κ2) is 8.73. The van der Waals surface area contributed by atoms with E-state index in [0.717, 1.165) is 37.3 Å². The second-order valence-corrected chi connectivity index (χ2v) is 7.47. The van der Waals surface area contributed by atoms with Crippen LogP contribution in [0.3, 0.4) is 0 Å². The van der Waals surface area contributed by atoms with E-state index in [1.54, 1.807) is 16.8 Å². The first-order valence-electron chi connectivity index (χ1n) is 9.51. The molecule has 1 aromatic heterocycles. The first-order chi connectivity index (χ1) is 13.0. The van der Waals surface area contributed by atoms with Crippen LogP contribution in [0.25, 0.3) is 11.3 Å². The Bertz CT molecular complexity index is 843. The van der Waals surface area contributed by atoms with Crippen LogP contribution in [0.4, 0.5) is 4.39 Å². The van der Waals surface area contributed by atoms with Gasteiger partial charge in [-0.05, 0) is 30.2 Å². The van der Waals surface area contributed by atoms with Gasteiger partial charge in [-0.3, -0.25) is 9.69 Å². The summed E-state index contributed by atoms with van der Waals surface area (Å²) in [6.07, 6.45) is 0. The third-order valence-corrected chi connectivity index (χ3v) is 4.75. The van der Waals surface area contributed by atoms with Gasteiger partial charge in [0, 0.05) is 62.5 Å². The van der Waals surface area contributed by atoms with E-state index in [-0.39, 0.29) is 17.9 Å². The molecule has 2 aromatic rings. The van der Waals surface area contributed by atoms with Crippen LogP contribution in [-0.4, -0.2) is 40.9 Å². The molecule has 0 aliphatic carbocycles. The molecular weight excluding hydrogens is 345 g/mol. The van der Waals surface area contributed by atoms with Gasteiger partial charge in [0.15, 0.2) is 0 Å². The van der Waals surface area contributed by atoms with Crippen molar-refractivity contribution in [1.82, 2.24) is 20.0 Å². The van der Waals surface area contributed by atoms with Gasteiger partial charge in [0.2, 0.25) is 0 Å². The molecule has 1 saturated heterocycles. The predicted octanol–water partition coefficient (Wildman–Crippen LogP) is 1.57. The standard InChI is InChI=1S/C20H28FN5O/c1-14(2)12-26-20(27)17(13-25-7-5-23-6-8-25)10-19(24-26)15-3-4-18(21)16(9-15)11-22/h3-4,9-10,14,23H,5-8,11-13,22H2,1-2H3. The summed E-state index contributed by atoms with van der Waals surface area (Å²) >= 11 is 0. The van der Waals surface area contributed by atoms with Crippen LogP contribution in [0.5, 0.6) is 0 Å². The molecule has 2 heterocycles. The van der Waals surface area contributed by atoms with Crippen molar-refractivity contribution in [2.24, 2.45) is 11.7 Å². The number of benzene rings is 1. The van der Waals surface area contributed by atoms with Crippen molar-refractivity contribution >= 4 is 0 Å². The number of halogens is 1. The summed E-state index contributed by atoms with van der Waals surface area (Å²) in [7, 11) is 0. The fourth-order valence-corrected chi connectivity index (χ4v) is 3.32. The van der Waals surface area contributed by atoms with Crippen LogP contribution in [0.1, 0.15) is 25.0 Å². The molecule has 1 fully saturated rings. The molecule has 1 aromatic carbocycles. The van der Waals surface area contributed by atoms with Gasteiger partial charge < -0.3 is 11.1 Å². The highest BCUT2D eigenvalue weighted by molar-refractivity contribution is 5.60. The molecule has 0 amide bonds. The molecule has 3 rings (SSSR count). The van der Waals surface area contributed by atoms with E-state index < -0.39 is 0 Å². The maximum atomic E-state index is 13.8. The highest BCUT2D eigenvalue weighted by Crippen LogP contribution is 2.21. The van der Waals surface area contributed by atoms with Crippen LogP contribution in [0.15, 0.2) is 29.1 Å². The Hall–Kier alpha value is -2.09. The zero-order chi connectivity index (χ0) is 19.4. The van der Waals surface area contributed by atoms with Crippen LogP contribution in [0.2, 0.25) is 0 Å². The van der Waals surface area contributed by atoms with Crippen LogP contribution < -0.4 is 16.6 Å². The molecule has 146 valence electrons. The minimum absolute atomic E-state index is 0.0489. The van der Waals surface area contributed by atoms with Gasteiger partial charge >= 0.3 is 0 Å². The van der Waals surface area contributed by atoms with E-state index in [9.17, 15) is 9.18 Å². The minimum atomic E-state index is -0.321. The number of nitrogens with two attached hydrogens (primary N) is 1. The van der Waals surface area contributed by atoms with Crippen molar-refractivity contribution in [2.75, 3.05) is 26.2 Å². The zero-order valence-corrected chi connectivity index (χ0v) is 16.0. The van der Waals surface area contributed by atoms with Gasteiger partial charge in [-0.25, -0.2) is 9.07 Å². The largest absolute Gasteiger partial charge is 0.326 e. The SMILES string of the molecule is CC(C)Cn1nc(-c2ccc(F)c(CN)c2)cc(CN2CCNCC2)c1=O. The monoisotopic (exact) mass is 373 g/mol. The summed E-state index contributed by atoms with van der Waals surface area (Å²) in [6, 6.07) is 6.66. The first-order valence-corrected chi connectivity index (χ1v) is 9.51. The van der Waals surface area contributed by atoms with Gasteiger partial charge in [0.1, 0.15) is 5.82 Å². The Morgan fingerprint density at radius 2 is 1.96 bits per heavy atom. The molecule has 1 aliphatic heterocycles. The maximum absolute atomic E-state index is 13.8. The normalized spacial score (nSPS) is 15.4. The fourth-order valence-electron chi connectivity index (χ4n) is 3.32. The molecule has 27 heavy (non-hydrogen) atoms. The molecule has 0 unspecified atom stereocenters. The minimum Gasteiger partial charge on any atom is -0.326 e. The third kappa shape index (κ3) is 4.80. The lowest BCUT2D eigenvalue weighted by atomic mass is 10.1. The molecule has 0 bridgehead atoms. The van der Waals surface area contributed by atoms with Gasteiger partial charge in [-0.15, -0.1) is 0 Å². The number of nitrogens with zero attached hydrogens (tertiary/aromatic N) is 3. The summed E-state index contributed by atoms with van der Waals surface area (Å²) in [6.45, 7) is 9.06. The van der Waals surface area contributed by atoms with E-state index in [2.05, 4.69) is 29.2 Å². The second-order valence-electron chi connectivity index (χ2n) is 7.47. The van der Waals surface area contributed by atoms with E-state index in [1.807, 2.05) is 6.07 Å². The van der Waals surface area contributed by atoms with Crippen molar-refractivity contribution < 1.29 is 4.39 Å². The summed E-state index contributed by atoms with van der Waals surface area (Å²) in [4.78, 5) is 15.2. The van der Waals surface area contributed by atoms with Crippen molar-refractivity contribution in [2.45, 2.75) is 33.5 Å². The molecule has 0 atom stereocenters. The Labute approximate surface area is 159 Å². The molecule has 0 radical (unpaired) electrons. The lowest BCUT2D eigenvalue weighted by Crippen LogP contribution is -2.44. The lowest BCUT2D eigenvalue weighted by molar-refractivity contribution is 0.231. The number of rotatable bonds is 6. The Kier molecular flexibility index (Phi) is 6.36. The summed E-state index contributed by atoms with van der Waals surface area (Å²) in [5.74, 6) is -0.0249. The van der Waals surface area contributed by atoms with Gasteiger partial charge in [-0.2, -0.15) is 5.10 Å². The molecular formula is C20H28FN5O. The quantitative estimate of drug-likeness (QED) is 0.804. The maximum Gasteiger partial charge on any atom is 0.271 e. The highest BCUT2D eigenvalue weighted by atomic mass is 19.1. The number of hydrogen-bond donors (Lipinski definition) is 2. The smallest absolute Gasteiger partial charge is 0.271 e. The predicted molar refractivity (Wildman–Crippen MR) is 105 cm³/mol. The van der Waals surface area contributed by atoms with Crippen molar-refractivity contribution in [3.8, 4) is 11.3 Å². The Morgan fingerprint density at radius 3 is 2.63 bits per heavy atom. The van der Waals surface area contributed by atoms with Crippen molar-refractivity contribution in [3.63, 3.8) is 0 Å². The number of nitrogens with one attached hydrogen (secondary N) is 1. The summed E-state index contributed by atoms with van der Waals surface area (Å²) in [5.41, 5.74) is 8.21. The summed E-state index contributed by atoms with van der Waals surface area (Å²) in [5, 5.41) is 7.87. The van der Waals surface area contributed by atoms with Crippen LogP contribution in [0, 0.1) is 11.7 Å². The van der Waals surface area contributed by atoms with Crippen molar-refractivity contribution in [3.05, 3.63) is 51.6 Å². The molecule has 3 N–H and O–H groups in total. The molecule has 6 nitrogen and oxygen atoms in total. The summed E-state index contributed by atoms with van der Waals surface area (Å²) < 4.78 is 15.4. The van der Waals surface area contributed by atoms with Crippen molar-refractivity contribution in [1.29, 1.82) is 0 Å². The number of piperazine rings is 1. The topological polar surface area (TPSA) is 76.2 Å². The Morgan fingerprint density at radius 1 is 1.22 bits per heavy atom. The van der Waals surface area contributed by atoms with E-state index in [1.165, 1.54) is 6.07 Å². The lowest BCUT2D eigenvalue weighted by Gasteiger charge is -2.27. The molecule has 0 saturated carbocycles. The number of hydrogen-bond acceptors (Lipinski definition) is 5. The molecule has 0 spiro atoms. The zero-order valence-electron chi connectivity index (χ0n) is 16.0. The average molecular weight is 373 g/mol. The Balaban J connectivity index is 2.02. The van der Waals surface area contributed by atoms with Gasteiger partial charge in [-0.1, -0.05) is 13.8 Å². The first kappa shape index (κ1) is 19.7. The van der Waals surface area contributed by atoms with Crippen LogP contribution in [-0.2, 0) is 19.6 Å². The van der Waals surface area contributed by atoms with Gasteiger partial charge in [0.25, 0.3) is 5.56 Å². The van der Waals surface area contributed by atoms with Gasteiger partial charge in [0.05, 0.1) is 5.69 Å². The van der Waals surface area contributed by atoms with E-state index >= 15 is 0 Å². The third-order valence-electron chi connectivity index (χ3n) is 4.75.